The van der Waals surface area contributed by atoms with Crippen LogP contribution >= 0.6 is 11.8 Å². The zero-order valence-electron chi connectivity index (χ0n) is 8.85. The van der Waals surface area contributed by atoms with E-state index in [4.69, 9.17) is 10.5 Å². The van der Waals surface area contributed by atoms with Crippen LogP contribution in [0, 0.1) is 0 Å². The molecule has 15 heavy (non-hydrogen) atoms. The van der Waals surface area contributed by atoms with Gasteiger partial charge in [0, 0.05) is 18.9 Å². The van der Waals surface area contributed by atoms with Crippen molar-refractivity contribution in [3.05, 3.63) is 5.82 Å². The maximum absolute atomic E-state index is 5.63. The van der Waals surface area contributed by atoms with Gasteiger partial charge >= 0.3 is 0 Å². The fraction of sp³-hybridized carbons (Fsp3) is 0.778. The minimum Gasteiger partial charge on any atom is -0.384 e. The topological polar surface area (TPSA) is 66.0 Å². The van der Waals surface area contributed by atoms with E-state index >= 15 is 0 Å². The summed E-state index contributed by atoms with van der Waals surface area (Å²) in [6, 6.07) is 0.587. The molecule has 0 unspecified atom stereocenters. The Morgan fingerprint density at radius 3 is 2.93 bits per heavy atom. The number of hydrogen-bond acceptors (Lipinski definition) is 5. The highest BCUT2D eigenvalue weighted by molar-refractivity contribution is 7.99. The lowest BCUT2D eigenvalue weighted by Crippen LogP contribution is -2.08. The van der Waals surface area contributed by atoms with Gasteiger partial charge in [0.25, 0.3) is 0 Å². The first-order valence-electron chi connectivity index (χ1n) is 5.12. The Bertz CT molecular complexity index is 324. The lowest BCUT2D eigenvalue weighted by Gasteiger charge is -2.06. The maximum Gasteiger partial charge on any atom is 0.191 e. The Labute approximate surface area is 93.4 Å². The molecule has 5 nitrogen and oxygen atoms in total. The van der Waals surface area contributed by atoms with Crippen LogP contribution in [0.15, 0.2) is 5.16 Å². The molecule has 0 amide bonds. The van der Waals surface area contributed by atoms with Crippen molar-refractivity contribution in [1.82, 2.24) is 14.8 Å². The van der Waals surface area contributed by atoms with E-state index in [0.29, 0.717) is 12.6 Å². The summed E-state index contributed by atoms with van der Waals surface area (Å²) in [5, 5.41) is 9.24. The highest BCUT2D eigenvalue weighted by atomic mass is 32.2. The molecule has 0 aromatic carbocycles. The number of ether oxygens (including phenoxy) is 1. The average molecular weight is 228 g/mol. The van der Waals surface area contributed by atoms with Gasteiger partial charge in [0.2, 0.25) is 0 Å². The van der Waals surface area contributed by atoms with Crippen molar-refractivity contribution in [2.75, 3.05) is 19.5 Å². The van der Waals surface area contributed by atoms with Crippen LogP contribution < -0.4 is 5.73 Å². The van der Waals surface area contributed by atoms with E-state index in [1.54, 1.807) is 18.9 Å². The van der Waals surface area contributed by atoms with Crippen LogP contribution in [0.3, 0.4) is 0 Å². The molecule has 1 saturated carbocycles. The first kappa shape index (κ1) is 10.9. The van der Waals surface area contributed by atoms with Gasteiger partial charge in [-0.3, -0.25) is 0 Å². The third-order valence-corrected chi connectivity index (χ3v) is 3.26. The Balaban J connectivity index is 2.05. The number of methoxy groups -OCH3 is 1. The van der Waals surface area contributed by atoms with Gasteiger partial charge in [0.05, 0.1) is 13.2 Å². The summed E-state index contributed by atoms with van der Waals surface area (Å²) in [4.78, 5) is 0. The summed E-state index contributed by atoms with van der Waals surface area (Å²) in [5.74, 6) is 1.81. The van der Waals surface area contributed by atoms with Gasteiger partial charge in [0.1, 0.15) is 5.82 Å². The normalized spacial score (nSPS) is 15.9. The molecule has 1 aliphatic rings. The molecule has 2 N–H and O–H groups in total. The Hall–Kier alpha value is -0.590. The highest BCUT2D eigenvalue weighted by Crippen LogP contribution is 2.38. The number of aromatic nitrogens is 3. The van der Waals surface area contributed by atoms with Crippen molar-refractivity contribution in [2.45, 2.75) is 30.6 Å². The van der Waals surface area contributed by atoms with E-state index in [1.165, 1.54) is 12.8 Å². The molecule has 1 aliphatic carbocycles. The van der Waals surface area contributed by atoms with E-state index in [9.17, 15) is 0 Å². The van der Waals surface area contributed by atoms with Gasteiger partial charge < -0.3 is 15.0 Å². The monoisotopic (exact) mass is 228 g/mol. The second-order valence-corrected chi connectivity index (χ2v) is 4.61. The first-order valence-corrected chi connectivity index (χ1v) is 6.11. The molecule has 0 atom stereocenters. The van der Waals surface area contributed by atoms with Crippen molar-refractivity contribution in [2.24, 2.45) is 5.73 Å². The largest absolute Gasteiger partial charge is 0.384 e. The summed E-state index contributed by atoms with van der Waals surface area (Å²) in [6.45, 7) is 1.20. The van der Waals surface area contributed by atoms with Gasteiger partial charge in [-0.05, 0) is 12.8 Å². The molecule has 1 fully saturated rings. The molecular weight excluding hydrogens is 212 g/mol. The molecule has 1 aromatic heterocycles. The third kappa shape index (κ3) is 2.50. The van der Waals surface area contributed by atoms with Crippen LogP contribution in [-0.2, 0) is 11.3 Å². The number of hydrogen-bond donors (Lipinski definition) is 1. The predicted molar refractivity (Wildman–Crippen MR) is 58.8 cm³/mol. The van der Waals surface area contributed by atoms with Gasteiger partial charge in [-0.25, -0.2) is 0 Å². The SMILES string of the molecule is COCCSc1nnc(CN)n1C1CC1. The minimum absolute atomic E-state index is 0.467. The summed E-state index contributed by atoms with van der Waals surface area (Å²) in [7, 11) is 1.71. The molecule has 0 aliphatic heterocycles. The number of nitrogens with two attached hydrogens (primary N) is 1. The maximum atomic E-state index is 5.63. The van der Waals surface area contributed by atoms with Crippen LogP contribution in [0.4, 0.5) is 0 Å². The number of nitrogens with zero attached hydrogens (tertiary/aromatic N) is 3. The molecule has 0 saturated heterocycles. The van der Waals surface area contributed by atoms with Crippen molar-refractivity contribution < 1.29 is 4.74 Å². The van der Waals surface area contributed by atoms with Gasteiger partial charge in [0.15, 0.2) is 5.16 Å². The highest BCUT2D eigenvalue weighted by Gasteiger charge is 2.28. The van der Waals surface area contributed by atoms with E-state index in [2.05, 4.69) is 14.8 Å². The van der Waals surface area contributed by atoms with Crippen molar-refractivity contribution in [3.8, 4) is 0 Å². The predicted octanol–water partition coefficient (Wildman–Crippen LogP) is 0.810. The molecule has 0 radical (unpaired) electrons. The van der Waals surface area contributed by atoms with Gasteiger partial charge in [-0.1, -0.05) is 11.8 Å². The van der Waals surface area contributed by atoms with Crippen LogP contribution in [-0.4, -0.2) is 34.2 Å². The van der Waals surface area contributed by atoms with E-state index < -0.39 is 0 Å². The second-order valence-electron chi connectivity index (χ2n) is 3.55. The Morgan fingerprint density at radius 1 is 1.53 bits per heavy atom. The zero-order valence-corrected chi connectivity index (χ0v) is 9.66. The van der Waals surface area contributed by atoms with Crippen molar-refractivity contribution in [3.63, 3.8) is 0 Å². The molecule has 0 bridgehead atoms. The molecule has 1 heterocycles. The van der Waals surface area contributed by atoms with E-state index in [-0.39, 0.29) is 0 Å². The fourth-order valence-corrected chi connectivity index (χ4v) is 2.39. The third-order valence-electron chi connectivity index (χ3n) is 2.35. The first-order chi connectivity index (χ1) is 7.36. The molecule has 0 spiro atoms. The molecule has 2 rings (SSSR count). The number of thioether (sulfide) groups is 1. The minimum atomic E-state index is 0.467. The van der Waals surface area contributed by atoms with Crippen molar-refractivity contribution in [1.29, 1.82) is 0 Å². The van der Waals surface area contributed by atoms with E-state index in [0.717, 1.165) is 23.3 Å². The second kappa shape index (κ2) is 4.96. The molecular formula is C9H16N4OS. The lowest BCUT2D eigenvalue weighted by atomic mass is 10.5. The molecule has 6 heteroatoms. The summed E-state index contributed by atoms with van der Waals surface area (Å²) in [6.07, 6.45) is 2.45. The molecule has 1 aromatic rings. The van der Waals surface area contributed by atoms with Crippen LogP contribution in [0.2, 0.25) is 0 Å². The zero-order chi connectivity index (χ0) is 10.7. The van der Waals surface area contributed by atoms with Gasteiger partial charge in [-0.15, -0.1) is 10.2 Å². The summed E-state index contributed by atoms with van der Waals surface area (Å²) < 4.78 is 7.19. The van der Waals surface area contributed by atoms with Gasteiger partial charge in [-0.2, -0.15) is 0 Å². The quantitative estimate of drug-likeness (QED) is 0.576. The Morgan fingerprint density at radius 2 is 2.33 bits per heavy atom. The fourth-order valence-electron chi connectivity index (χ4n) is 1.46. The average Bonchev–Trinajstić information content (AvgIpc) is 3.00. The standard InChI is InChI=1S/C9H16N4OS/c1-14-4-5-15-9-12-11-8(6-10)13(9)7-2-3-7/h7H,2-6,10H2,1H3. The number of rotatable bonds is 6. The van der Waals surface area contributed by atoms with E-state index in [1.807, 2.05) is 0 Å². The Kier molecular flexibility index (Phi) is 3.61. The smallest absolute Gasteiger partial charge is 0.191 e. The lowest BCUT2D eigenvalue weighted by molar-refractivity contribution is 0.218. The van der Waals surface area contributed by atoms with Crippen molar-refractivity contribution >= 4 is 11.8 Å². The van der Waals surface area contributed by atoms with Crippen LogP contribution in [0.5, 0.6) is 0 Å². The summed E-state index contributed by atoms with van der Waals surface area (Å²) >= 11 is 1.68. The summed E-state index contributed by atoms with van der Waals surface area (Å²) in [5.41, 5.74) is 5.63. The van der Waals surface area contributed by atoms with Crippen LogP contribution in [0.1, 0.15) is 24.7 Å². The molecule has 84 valence electrons. The van der Waals surface area contributed by atoms with Crippen LogP contribution in [0.25, 0.3) is 0 Å².